The zero-order valence-electron chi connectivity index (χ0n) is 22.7. The molecule has 0 radical (unpaired) electrons. The van der Waals surface area contributed by atoms with E-state index in [1.165, 1.54) is 55.3 Å². The summed E-state index contributed by atoms with van der Waals surface area (Å²) in [7, 11) is 0. The Morgan fingerprint density at radius 3 is 2.10 bits per heavy atom. The van der Waals surface area contributed by atoms with E-state index >= 15 is 0 Å². The third-order valence-corrected chi connectivity index (χ3v) is 8.51. The lowest BCUT2D eigenvalue weighted by Crippen LogP contribution is -2.47. The van der Waals surface area contributed by atoms with Gasteiger partial charge in [-0.2, -0.15) is 9.97 Å². The summed E-state index contributed by atoms with van der Waals surface area (Å²) in [6.45, 7) is 5.56. The van der Waals surface area contributed by atoms with Gasteiger partial charge in [-0.15, -0.1) is 0 Å². The van der Waals surface area contributed by atoms with E-state index in [1.807, 2.05) is 0 Å². The lowest BCUT2D eigenvalue weighted by Gasteiger charge is -2.37. The second-order valence-electron chi connectivity index (χ2n) is 10.9. The molecule has 2 N–H and O–H groups in total. The minimum atomic E-state index is 0.430. The van der Waals surface area contributed by atoms with Crippen LogP contribution in [0.3, 0.4) is 0 Å². The maximum Gasteiger partial charge on any atom is 0.232 e. The molecule has 2 fully saturated rings. The maximum absolute atomic E-state index is 5.75. The van der Waals surface area contributed by atoms with Crippen LogP contribution in [0.25, 0.3) is 0 Å². The molecule has 7 nitrogen and oxygen atoms in total. The Morgan fingerprint density at radius 2 is 1.36 bits per heavy atom. The van der Waals surface area contributed by atoms with Crippen LogP contribution >= 0.6 is 12.2 Å². The van der Waals surface area contributed by atoms with Crippen molar-refractivity contribution in [1.29, 1.82) is 0 Å². The molecule has 3 aromatic rings. The molecular formula is C31H39N7S. The average Bonchev–Trinajstić information content (AvgIpc) is 3.26. The number of fused-ring (bicyclic) bond motifs is 1. The van der Waals surface area contributed by atoms with Crippen molar-refractivity contribution in [2.45, 2.75) is 57.5 Å². The average molecular weight is 542 g/mol. The van der Waals surface area contributed by atoms with E-state index in [2.05, 4.69) is 86.0 Å². The number of thiocarbonyl (C=S) groups is 1. The lowest BCUT2D eigenvalue weighted by atomic mass is 10.00. The first kappa shape index (κ1) is 25.9. The molecule has 0 unspecified atom stereocenters. The van der Waals surface area contributed by atoms with Gasteiger partial charge in [0, 0.05) is 57.1 Å². The first-order chi connectivity index (χ1) is 19.2. The Kier molecular flexibility index (Phi) is 8.09. The monoisotopic (exact) mass is 541 g/mol. The molecule has 2 aromatic carbocycles. The Bertz CT molecular complexity index is 1250. The van der Waals surface area contributed by atoms with Crippen LogP contribution in [0.1, 0.15) is 49.7 Å². The number of benzene rings is 2. The fourth-order valence-electron chi connectivity index (χ4n) is 6.07. The van der Waals surface area contributed by atoms with Crippen molar-refractivity contribution >= 4 is 40.6 Å². The summed E-state index contributed by atoms with van der Waals surface area (Å²) in [6.07, 6.45) is 8.55. The second kappa shape index (κ2) is 12.2. The third-order valence-electron chi connectivity index (χ3n) is 8.29. The van der Waals surface area contributed by atoms with Gasteiger partial charge >= 0.3 is 0 Å². The summed E-state index contributed by atoms with van der Waals surface area (Å²) >= 11 is 5.75. The quantitative estimate of drug-likeness (QED) is 0.330. The standard InChI is InChI=1S/C31H39N7S/c39-31(32-26-12-4-1-2-5-13-26)35-30-33-28(37-20-18-36(19-21-37)27-14-6-3-7-15-27)22-29(34-30)38-17-16-24-10-8-9-11-25(24)23-38/h3,6-11,14-15,22,26H,1-2,4-5,12-13,16-21,23H2,(H2,32,33,34,35,39). The van der Waals surface area contributed by atoms with Gasteiger partial charge in [0.1, 0.15) is 11.6 Å². The van der Waals surface area contributed by atoms with Crippen molar-refractivity contribution in [2.75, 3.05) is 52.7 Å². The molecule has 1 aromatic heterocycles. The topological polar surface area (TPSA) is 59.6 Å². The fraction of sp³-hybridized carbons (Fsp3) is 0.452. The van der Waals surface area contributed by atoms with Crippen LogP contribution < -0.4 is 25.3 Å². The van der Waals surface area contributed by atoms with E-state index < -0.39 is 0 Å². The molecule has 0 spiro atoms. The van der Waals surface area contributed by atoms with Crippen molar-refractivity contribution in [2.24, 2.45) is 0 Å². The summed E-state index contributed by atoms with van der Waals surface area (Å²) in [5.74, 6) is 2.50. The number of para-hydroxylation sites is 1. The second-order valence-corrected chi connectivity index (χ2v) is 11.4. The molecule has 1 saturated carbocycles. The van der Waals surface area contributed by atoms with Crippen LogP contribution in [0.4, 0.5) is 23.3 Å². The first-order valence-electron chi connectivity index (χ1n) is 14.5. The van der Waals surface area contributed by atoms with Gasteiger partial charge in [0.15, 0.2) is 5.11 Å². The Morgan fingerprint density at radius 1 is 0.718 bits per heavy atom. The zero-order valence-corrected chi connectivity index (χ0v) is 23.5. The van der Waals surface area contributed by atoms with Gasteiger partial charge in [0.25, 0.3) is 0 Å². The van der Waals surface area contributed by atoms with E-state index in [9.17, 15) is 0 Å². The molecule has 0 amide bonds. The molecule has 1 aliphatic carbocycles. The van der Waals surface area contributed by atoms with Gasteiger partial charge < -0.3 is 25.3 Å². The summed E-state index contributed by atoms with van der Waals surface area (Å²) in [4.78, 5) is 17.2. The van der Waals surface area contributed by atoms with Crippen molar-refractivity contribution in [3.05, 3.63) is 71.8 Å². The smallest absolute Gasteiger partial charge is 0.232 e. The van der Waals surface area contributed by atoms with Crippen LogP contribution in [0, 0.1) is 0 Å². The Labute approximate surface area is 237 Å². The number of piperazine rings is 1. The van der Waals surface area contributed by atoms with Gasteiger partial charge in [-0.3, -0.25) is 0 Å². The van der Waals surface area contributed by atoms with E-state index in [4.69, 9.17) is 22.2 Å². The molecule has 204 valence electrons. The maximum atomic E-state index is 5.75. The van der Waals surface area contributed by atoms with Crippen LogP contribution in [-0.2, 0) is 13.0 Å². The molecule has 0 atom stereocenters. The van der Waals surface area contributed by atoms with Crippen LogP contribution in [0.5, 0.6) is 0 Å². The largest absolute Gasteiger partial charge is 0.368 e. The van der Waals surface area contributed by atoms with E-state index in [0.29, 0.717) is 17.1 Å². The fourth-order valence-corrected chi connectivity index (χ4v) is 6.33. The lowest BCUT2D eigenvalue weighted by molar-refractivity contribution is 0.535. The molecular weight excluding hydrogens is 502 g/mol. The van der Waals surface area contributed by atoms with Gasteiger partial charge in [-0.25, -0.2) is 0 Å². The van der Waals surface area contributed by atoms with Gasteiger partial charge in [-0.1, -0.05) is 68.1 Å². The van der Waals surface area contributed by atoms with Crippen molar-refractivity contribution in [3.63, 3.8) is 0 Å². The number of hydrogen-bond acceptors (Lipinski definition) is 6. The van der Waals surface area contributed by atoms with E-state index in [1.54, 1.807) is 0 Å². The predicted octanol–water partition coefficient (Wildman–Crippen LogP) is 5.38. The van der Waals surface area contributed by atoms with E-state index in [-0.39, 0.29) is 0 Å². The highest BCUT2D eigenvalue weighted by Crippen LogP contribution is 2.28. The summed E-state index contributed by atoms with van der Waals surface area (Å²) < 4.78 is 0. The molecule has 8 heteroatoms. The number of aromatic nitrogens is 2. The van der Waals surface area contributed by atoms with Gasteiger partial charge in [-0.05, 0) is 54.7 Å². The highest BCUT2D eigenvalue weighted by atomic mass is 32.1. The number of hydrogen-bond donors (Lipinski definition) is 2. The van der Waals surface area contributed by atoms with Crippen LogP contribution in [-0.4, -0.2) is 53.8 Å². The highest BCUT2D eigenvalue weighted by molar-refractivity contribution is 7.80. The SMILES string of the molecule is S=C(Nc1nc(N2CCN(c3ccccc3)CC2)cc(N2CCc3ccccc3C2)n1)NC1CCCCCC1. The summed E-state index contributed by atoms with van der Waals surface area (Å²) in [6, 6.07) is 22.0. The number of anilines is 4. The summed E-state index contributed by atoms with van der Waals surface area (Å²) in [5.41, 5.74) is 4.09. The van der Waals surface area contributed by atoms with Crippen molar-refractivity contribution in [1.82, 2.24) is 15.3 Å². The zero-order chi connectivity index (χ0) is 26.4. The molecule has 39 heavy (non-hydrogen) atoms. The van der Waals surface area contributed by atoms with Crippen LogP contribution in [0.2, 0.25) is 0 Å². The first-order valence-corrected chi connectivity index (χ1v) is 15.0. The molecule has 0 bridgehead atoms. The minimum absolute atomic E-state index is 0.430. The molecule has 1 saturated heterocycles. The van der Waals surface area contributed by atoms with Crippen molar-refractivity contribution < 1.29 is 0 Å². The highest BCUT2D eigenvalue weighted by Gasteiger charge is 2.23. The number of nitrogens with one attached hydrogen (secondary N) is 2. The third kappa shape index (κ3) is 6.44. The number of rotatable bonds is 5. The Balaban J connectivity index is 1.21. The van der Waals surface area contributed by atoms with Gasteiger partial charge in [0.2, 0.25) is 5.95 Å². The minimum Gasteiger partial charge on any atom is -0.368 e. The van der Waals surface area contributed by atoms with E-state index in [0.717, 1.165) is 57.3 Å². The Hall–Kier alpha value is -3.39. The van der Waals surface area contributed by atoms with Crippen LogP contribution in [0.15, 0.2) is 60.7 Å². The molecule has 6 rings (SSSR count). The molecule has 3 aliphatic rings. The van der Waals surface area contributed by atoms with Crippen molar-refractivity contribution in [3.8, 4) is 0 Å². The normalized spacial score (nSPS) is 18.3. The molecule has 2 aliphatic heterocycles. The number of nitrogens with zero attached hydrogens (tertiary/aromatic N) is 5. The van der Waals surface area contributed by atoms with Gasteiger partial charge in [0.05, 0.1) is 0 Å². The predicted molar refractivity (Wildman–Crippen MR) is 165 cm³/mol. The summed E-state index contributed by atoms with van der Waals surface area (Å²) in [5, 5.41) is 7.53. The molecule has 3 heterocycles.